The summed E-state index contributed by atoms with van der Waals surface area (Å²) in [4.78, 5) is 22.8. The fraction of sp³-hybridized carbons (Fsp3) is 0.857. The Balaban J connectivity index is 1.69. The Kier molecular flexibility index (Phi) is 3.93. The van der Waals surface area contributed by atoms with Gasteiger partial charge in [-0.2, -0.15) is 0 Å². The smallest absolute Gasteiger partial charge is 0.319 e. The Morgan fingerprint density at radius 3 is 2.61 bits per heavy atom. The molecule has 2 aliphatic carbocycles. The summed E-state index contributed by atoms with van der Waals surface area (Å²) in [5.74, 6) is 0.257. The second kappa shape index (κ2) is 5.29. The van der Waals surface area contributed by atoms with Gasteiger partial charge in [0.2, 0.25) is 5.91 Å². The predicted molar refractivity (Wildman–Crippen MR) is 68.1 cm³/mol. The summed E-state index contributed by atoms with van der Waals surface area (Å²) >= 11 is 0. The van der Waals surface area contributed by atoms with Gasteiger partial charge >= 0.3 is 5.97 Å². The molecule has 0 spiro atoms. The van der Waals surface area contributed by atoms with Crippen molar-refractivity contribution >= 4 is 11.9 Å². The average Bonchev–Trinajstić information content (AvgIpc) is 3.10. The molecular formula is C14H23NO3. The fourth-order valence-electron chi connectivity index (χ4n) is 3.04. The van der Waals surface area contributed by atoms with Crippen LogP contribution in [0.1, 0.15) is 51.9 Å². The van der Waals surface area contributed by atoms with E-state index < -0.39 is 11.4 Å². The maximum atomic E-state index is 11.8. The van der Waals surface area contributed by atoms with Crippen molar-refractivity contribution in [2.45, 2.75) is 51.9 Å². The molecule has 2 saturated carbocycles. The van der Waals surface area contributed by atoms with Crippen molar-refractivity contribution in [3.05, 3.63) is 0 Å². The third-order valence-electron chi connectivity index (χ3n) is 4.48. The SMILES string of the molecule is CC1CCCC(CCNC(=O)C2(C(=O)O)CC2)C1. The molecule has 0 aliphatic heterocycles. The van der Waals surface area contributed by atoms with Crippen LogP contribution in [-0.2, 0) is 9.59 Å². The molecule has 0 aromatic heterocycles. The number of carbonyl (C=O) groups excluding carboxylic acids is 1. The maximum absolute atomic E-state index is 11.8. The number of amides is 1. The van der Waals surface area contributed by atoms with Crippen LogP contribution in [0.25, 0.3) is 0 Å². The van der Waals surface area contributed by atoms with Crippen molar-refractivity contribution in [2.75, 3.05) is 6.54 Å². The van der Waals surface area contributed by atoms with E-state index >= 15 is 0 Å². The standard InChI is InChI=1S/C14H23NO3/c1-10-3-2-4-11(9-10)5-8-15-12(16)14(6-7-14)13(17)18/h10-11H,2-9H2,1H3,(H,15,16)(H,17,18). The first kappa shape index (κ1) is 13.4. The van der Waals surface area contributed by atoms with Crippen LogP contribution in [0.5, 0.6) is 0 Å². The van der Waals surface area contributed by atoms with Gasteiger partial charge in [0.05, 0.1) is 0 Å². The van der Waals surface area contributed by atoms with Crippen molar-refractivity contribution in [1.82, 2.24) is 5.32 Å². The number of hydrogen-bond acceptors (Lipinski definition) is 2. The zero-order valence-electron chi connectivity index (χ0n) is 11.1. The Hall–Kier alpha value is -1.06. The van der Waals surface area contributed by atoms with E-state index in [4.69, 9.17) is 5.11 Å². The lowest BCUT2D eigenvalue weighted by molar-refractivity contribution is -0.149. The monoisotopic (exact) mass is 253 g/mol. The third kappa shape index (κ3) is 2.85. The van der Waals surface area contributed by atoms with Gasteiger partial charge in [-0.1, -0.05) is 26.2 Å². The second-order valence-corrected chi connectivity index (χ2v) is 6.07. The molecule has 1 amide bonds. The summed E-state index contributed by atoms with van der Waals surface area (Å²) in [6, 6.07) is 0. The van der Waals surface area contributed by atoms with Crippen LogP contribution in [0.3, 0.4) is 0 Å². The molecule has 4 heteroatoms. The molecule has 0 aromatic rings. The quantitative estimate of drug-likeness (QED) is 0.738. The molecule has 2 rings (SSSR count). The molecule has 0 heterocycles. The van der Waals surface area contributed by atoms with Gasteiger partial charge in [0.1, 0.15) is 5.41 Å². The number of rotatable bonds is 5. The van der Waals surface area contributed by atoms with Crippen LogP contribution < -0.4 is 5.32 Å². The number of carboxylic acid groups (broad SMARTS) is 1. The fourth-order valence-corrected chi connectivity index (χ4v) is 3.04. The number of hydrogen-bond donors (Lipinski definition) is 2. The molecule has 102 valence electrons. The van der Waals surface area contributed by atoms with Gasteiger partial charge < -0.3 is 10.4 Å². The van der Waals surface area contributed by atoms with Gasteiger partial charge in [0, 0.05) is 6.54 Å². The molecule has 0 radical (unpaired) electrons. The molecule has 0 aromatic carbocycles. The molecule has 0 saturated heterocycles. The molecule has 0 bridgehead atoms. The third-order valence-corrected chi connectivity index (χ3v) is 4.48. The number of nitrogens with one attached hydrogen (secondary N) is 1. The molecule has 2 fully saturated rings. The highest BCUT2D eigenvalue weighted by molar-refractivity contribution is 6.04. The van der Waals surface area contributed by atoms with E-state index in [2.05, 4.69) is 12.2 Å². The minimum atomic E-state index is -1.08. The molecule has 2 unspecified atom stereocenters. The van der Waals surface area contributed by atoms with Crippen molar-refractivity contribution in [1.29, 1.82) is 0 Å². The maximum Gasteiger partial charge on any atom is 0.319 e. The van der Waals surface area contributed by atoms with Crippen molar-refractivity contribution in [2.24, 2.45) is 17.3 Å². The zero-order valence-corrected chi connectivity index (χ0v) is 11.1. The summed E-state index contributed by atoms with van der Waals surface area (Å²) < 4.78 is 0. The van der Waals surface area contributed by atoms with Gasteiger partial charge in [-0.05, 0) is 37.5 Å². The van der Waals surface area contributed by atoms with Gasteiger partial charge in [-0.25, -0.2) is 0 Å². The number of carbonyl (C=O) groups is 2. The summed E-state index contributed by atoms with van der Waals surface area (Å²) in [6.45, 7) is 2.92. The van der Waals surface area contributed by atoms with E-state index in [-0.39, 0.29) is 5.91 Å². The minimum absolute atomic E-state index is 0.279. The lowest BCUT2D eigenvalue weighted by Gasteiger charge is -2.26. The van der Waals surface area contributed by atoms with E-state index in [0.717, 1.165) is 12.3 Å². The van der Waals surface area contributed by atoms with Gasteiger partial charge in [0.15, 0.2) is 0 Å². The Morgan fingerprint density at radius 1 is 1.33 bits per heavy atom. The van der Waals surface area contributed by atoms with E-state index in [0.29, 0.717) is 25.3 Å². The molecule has 2 atom stereocenters. The van der Waals surface area contributed by atoms with E-state index in [1.165, 1.54) is 25.7 Å². The highest BCUT2D eigenvalue weighted by Gasteiger charge is 2.56. The van der Waals surface area contributed by atoms with Gasteiger partial charge in [-0.3, -0.25) is 9.59 Å². The zero-order chi connectivity index (χ0) is 13.2. The van der Waals surface area contributed by atoms with Crippen molar-refractivity contribution in [3.63, 3.8) is 0 Å². The lowest BCUT2D eigenvalue weighted by Crippen LogP contribution is -2.38. The second-order valence-electron chi connectivity index (χ2n) is 6.07. The van der Waals surface area contributed by atoms with Gasteiger partial charge in [-0.15, -0.1) is 0 Å². The lowest BCUT2D eigenvalue weighted by atomic mass is 9.81. The van der Waals surface area contributed by atoms with Crippen LogP contribution >= 0.6 is 0 Å². The topological polar surface area (TPSA) is 66.4 Å². The molecule has 2 aliphatic rings. The molecular weight excluding hydrogens is 230 g/mol. The number of carboxylic acids is 1. The Morgan fingerprint density at radius 2 is 2.06 bits per heavy atom. The minimum Gasteiger partial charge on any atom is -0.480 e. The first-order chi connectivity index (χ1) is 8.54. The summed E-state index contributed by atoms with van der Waals surface area (Å²) in [5, 5.41) is 11.8. The highest BCUT2D eigenvalue weighted by atomic mass is 16.4. The van der Waals surface area contributed by atoms with E-state index in [1.807, 2.05) is 0 Å². The van der Waals surface area contributed by atoms with Crippen LogP contribution in [0.4, 0.5) is 0 Å². The largest absolute Gasteiger partial charge is 0.480 e. The average molecular weight is 253 g/mol. The Bertz CT molecular complexity index is 336. The molecule has 18 heavy (non-hydrogen) atoms. The number of aliphatic carboxylic acids is 1. The molecule has 2 N–H and O–H groups in total. The van der Waals surface area contributed by atoms with Crippen LogP contribution in [0, 0.1) is 17.3 Å². The predicted octanol–water partition coefficient (Wildman–Crippen LogP) is 2.18. The van der Waals surface area contributed by atoms with Crippen LogP contribution in [0.2, 0.25) is 0 Å². The normalized spacial score (nSPS) is 29.6. The molecule has 4 nitrogen and oxygen atoms in total. The van der Waals surface area contributed by atoms with Crippen LogP contribution in [-0.4, -0.2) is 23.5 Å². The van der Waals surface area contributed by atoms with Crippen LogP contribution in [0.15, 0.2) is 0 Å². The summed E-state index contributed by atoms with van der Waals surface area (Å²) in [5.41, 5.74) is -1.08. The first-order valence-corrected chi connectivity index (χ1v) is 7.06. The van der Waals surface area contributed by atoms with E-state index in [9.17, 15) is 9.59 Å². The Labute approximate surface area is 108 Å². The highest BCUT2D eigenvalue weighted by Crippen LogP contribution is 2.46. The first-order valence-electron chi connectivity index (χ1n) is 7.06. The van der Waals surface area contributed by atoms with Crippen molar-refractivity contribution in [3.8, 4) is 0 Å². The summed E-state index contributed by atoms with van der Waals surface area (Å²) in [6.07, 6.45) is 7.10. The van der Waals surface area contributed by atoms with Gasteiger partial charge in [0.25, 0.3) is 0 Å². The van der Waals surface area contributed by atoms with E-state index in [1.54, 1.807) is 0 Å². The summed E-state index contributed by atoms with van der Waals surface area (Å²) in [7, 11) is 0. The van der Waals surface area contributed by atoms with Crippen molar-refractivity contribution < 1.29 is 14.7 Å².